The summed E-state index contributed by atoms with van der Waals surface area (Å²) in [5.74, 6) is 0.967. The van der Waals surface area contributed by atoms with Crippen LogP contribution in [0.3, 0.4) is 0 Å². The van der Waals surface area contributed by atoms with E-state index >= 15 is 0 Å². The Morgan fingerprint density at radius 3 is 2.76 bits per heavy atom. The molecule has 1 fully saturated rings. The third-order valence-electron chi connectivity index (χ3n) is 3.74. The van der Waals surface area contributed by atoms with Crippen LogP contribution in [-0.4, -0.2) is 17.0 Å². The van der Waals surface area contributed by atoms with Gasteiger partial charge in [0.05, 0.1) is 11.8 Å². The fraction of sp³-hybridized carbons (Fsp3) is 0.500. The standard InChI is InChI=1S/C14H17NO2/c16-15-14-8-5-10-9-12(6-7-13(10)14)17-11-3-1-2-4-11/h6-7,9,11,16H,1-5,8H2/b15-14-. The molecule has 3 nitrogen and oxygen atoms in total. The van der Waals surface area contributed by atoms with Gasteiger partial charge in [0, 0.05) is 5.56 Å². The monoisotopic (exact) mass is 231 g/mol. The molecular formula is C14H17NO2. The maximum Gasteiger partial charge on any atom is 0.120 e. The first kappa shape index (κ1) is 10.6. The van der Waals surface area contributed by atoms with Gasteiger partial charge in [0.15, 0.2) is 0 Å². The average molecular weight is 231 g/mol. The first-order valence-corrected chi connectivity index (χ1v) is 6.38. The van der Waals surface area contributed by atoms with Crippen LogP contribution in [0.1, 0.15) is 43.2 Å². The van der Waals surface area contributed by atoms with Crippen molar-refractivity contribution in [3.63, 3.8) is 0 Å². The summed E-state index contributed by atoms with van der Waals surface area (Å²) >= 11 is 0. The Labute approximate surface area is 101 Å². The molecule has 0 radical (unpaired) electrons. The van der Waals surface area contributed by atoms with E-state index in [0.29, 0.717) is 6.10 Å². The number of benzene rings is 1. The molecule has 1 N–H and O–H groups in total. The highest BCUT2D eigenvalue weighted by atomic mass is 16.5. The highest BCUT2D eigenvalue weighted by Crippen LogP contribution is 2.29. The fourth-order valence-electron chi connectivity index (χ4n) is 2.82. The van der Waals surface area contributed by atoms with E-state index in [9.17, 15) is 0 Å². The molecule has 17 heavy (non-hydrogen) atoms. The number of rotatable bonds is 2. The van der Waals surface area contributed by atoms with Crippen LogP contribution in [0.25, 0.3) is 0 Å². The van der Waals surface area contributed by atoms with E-state index < -0.39 is 0 Å². The Morgan fingerprint density at radius 1 is 1.18 bits per heavy atom. The van der Waals surface area contributed by atoms with Crippen LogP contribution < -0.4 is 4.74 Å². The Balaban J connectivity index is 1.79. The van der Waals surface area contributed by atoms with E-state index in [1.165, 1.54) is 31.2 Å². The smallest absolute Gasteiger partial charge is 0.120 e. The molecule has 3 heteroatoms. The number of hydrogen-bond donors (Lipinski definition) is 1. The lowest BCUT2D eigenvalue weighted by molar-refractivity contribution is 0.210. The first-order chi connectivity index (χ1) is 8.36. The second-order valence-corrected chi connectivity index (χ2v) is 4.89. The summed E-state index contributed by atoms with van der Waals surface area (Å²) in [7, 11) is 0. The van der Waals surface area contributed by atoms with Gasteiger partial charge in [0.2, 0.25) is 0 Å². The van der Waals surface area contributed by atoms with Crippen molar-refractivity contribution >= 4 is 5.71 Å². The van der Waals surface area contributed by atoms with Gasteiger partial charge in [-0.15, -0.1) is 0 Å². The largest absolute Gasteiger partial charge is 0.490 e. The average Bonchev–Trinajstić information content (AvgIpc) is 2.97. The molecule has 2 aliphatic carbocycles. The van der Waals surface area contributed by atoms with Gasteiger partial charge in [0.1, 0.15) is 5.75 Å². The Morgan fingerprint density at radius 2 is 2.00 bits per heavy atom. The van der Waals surface area contributed by atoms with Crippen molar-refractivity contribution in [2.24, 2.45) is 5.16 Å². The molecule has 2 aliphatic rings. The molecule has 0 bridgehead atoms. The Hall–Kier alpha value is -1.51. The molecule has 0 aliphatic heterocycles. The van der Waals surface area contributed by atoms with E-state index in [1.54, 1.807) is 0 Å². The number of hydrogen-bond acceptors (Lipinski definition) is 3. The molecule has 0 atom stereocenters. The summed E-state index contributed by atoms with van der Waals surface area (Å²) < 4.78 is 5.97. The molecule has 0 spiro atoms. The molecular weight excluding hydrogens is 214 g/mol. The highest BCUT2D eigenvalue weighted by molar-refractivity contribution is 6.04. The topological polar surface area (TPSA) is 41.8 Å². The summed E-state index contributed by atoms with van der Waals surface area (Å²) in [6.45, 7) is 0. The van der Waals surface area contributed by atoms with Gasteiger partial charge >= 0.3 is 0 Å². The van der Waals surface area contributed by atoms with Crippen LogP contribution in [0.2, 0.25) is 0 Å². The maximum absolute atomic E-state index is 8.87. The van der Waals surface area contributed by atoms with Gasteiger partial charge in [-0.25, -0.2) is 0 Å². The molecule has 1 aromatic carbocycles. The van der Waals surface area contributed by atoms with Gasteiger partial charge in [-0.2, -0.15) is 0 Å². The second-order valence-electron chi connectivity index (χ2n) is 4.89. The lowest BCUT2D eigenvalue weighted by Crippen LogP contribution is -2.11. The van der Waals surface area contributed by atoms with Gasteiger partial charge in [0.25, 0.3) is 0 Å². The van der Waals surface area contributed by atoms with E-state index in [4.69, 9.17) is 9.94 Å². The lowest BCUT2D eigenvalue weighted by Gasteiger charge is -2.13. The molecule has 1 saturated carbocycles. The van der Waals surface area contributed by atoms with Crippen LogP contribution in [0.4, 0.5) is 0 Å². The van der Waals surface area contributed by atoms with Gasteiger partial charge in [-0.05, 0) is 62.3 Å². The molecule has 0 aromatic heterocycles. The van der Waals surface area contributed by atoms with Gasteiger partial charge < -0.3 is 9.94 Å². The van der Waals surface area contributed by atoms with Crippen LogP contribution in [0.5, 0.6) is 5.75 Å². The van der Waals surface area contributed by atoms with Gasteiger partial charge in [-0.3, -0.25) is 0 Å². The number of ether oxygens (including phenoxy) is 1. The third-order valence-corrected chi connectivity index (χ3v) is 3.74. The van der Waals surface area contributed by atoms with E-state index in [2.05, 4.69) is 11.2 Å². The number of nitrogens with zero attached hydrogens (tertiary/aromatic N) is 1. The van der Waals surface area contributed by atoms with Crippen molar-refractivity contribution < 1.29 is 9.94 Å². The van der Waals surface area contributed by atoms with Crippen LogP contribution in [-0.2, 0) is 6.42 Å². The van der Waals surface area contributed by atoms with E-state index in [0.717, 1.165) is 29.9 Å². The molecule has 3 rings (SSSR count). The summed E-state index contributed by atoms with van der Waals surface area (Å²) in [6.07, 6.45) is 7.13. The molecule has 0 saturated heterocycles. The second kappa shape index (κ2) is 4.40. The normalized spacial score (nSPS) is 22.0. The van der Waals surface area contributed by atoms with Crippen molar-refractivity contribution in [2.45, 2.75) is 44.6 Å². The molecule has 1 aromatic rings. The zero-order valence-corrected chi connectivity index (χ0v) is 9.85. The van der Waals surface area contributed by atoms with Crippen LogP contribution in [0.15, 0.2) is 23.4 Å². The summed E-state index contributed by atoms with van der Waals surface area (Å²) in [5, 5.41) is 12.2. The minimum absolute atomic E-state index is 0.403. The minimum Gasteiger partial charge on any atom is -0.490 e. The first-order valence-electron chi connectivity index (χ1n) is 6.38. The Kier molecular flexibility index (Phi) is 2.75. The van der Waals surface area contributed by atoms with Crippen molar-refractivity contribution in [1.29, 1.82) is 0 Å². The summed E-state index contributed by atoms with van der Waals surface area (Å²) in [4.78, 5) is 0. The predicted molar refractivity (Wildman–Crippen MR) is 66.0 cm³/mol. The number of oxime groups is 1. The summed E-state index contributed by atoms with van der Waals surface area (Å²) in [6, 6.07) is 6.11. The van der Waals surface area contributed by atoms with Crippen molar-refractivity contribution in [3.8, 4) is 5.75 Å². The fourth-order valence-corrected chi connectivity index (χ4v) is 2.82. The molecule has 0 unspecified atom stereocenters. The number of fused-ring (bicyclic) bond motifs is 1. The van der Waals surface area contributed by atoms with E-state index in [1.807, 2.05) is 12.1 Å². The zero-order valence-electron chi connectivity index (χ0n) is 9.85. The maximum atomic E-state index is 8.87. The quantitative estimate of drug-likeness (QED) is 0.627. The zero-order chi connectivity index (χ0) is 11.7. The SMILES string of the molecule is O/N=C1/CCc2cc(OC3CCCC3)ccc21. The van der Waals surface area contributed by atoms with Gasteiger partial charge in [-0.1, -0.05) is 5.16 Å². The van der Waals surface area contributed by atoms with E-state index in [-0.39, 0.29) is 0 Å². The summed E-state index contributed by atoms with van der Waals surface area (Å²) in [5.41, 5.74) is 3.12. The van der Waals surface area contributed by atoms with Crippen molar-refractivity contribution in [1.82, 2.24) is 0 Å². The van der Waals surface area contributed by atoms with Crippen molar-refractivity contribution in [3.05, 3.63) is 29.3 Å². The van der Waals surface area contributed by atoms with Crippen LogP contribution in [0, 0.1) is 0 Å². The number of aryl methyl sites for hydroxylation is 1. The van der Waals surface area contributed by atoms with Crippen molar-refractivity contribution in [2.75, 3.05) is 0 Å². The minimum atomic E-state index is 0.403. The third kappa shape index (κ3) is 2.02. The molecule has 90 valence electrons. The predicted octanol–water partition coefficient (Wildman–Crippen LogP) is 3.13. The molecule has 0 heterocycles. The Bertz CT molecular complexity index is 448. The molecule has 0 amide bonds. The highest BCUT2D eigenvalue weighted by Gasteiger charge is 2.20. The lowest BCUT2D eigenvalue weighted by atomic mass is 10.1. The van der Waals surface area contributed by atoms with Crippen LogP contribution >= 0.6 is 0 Å².